The molecule has 0 radical (unpaired) electrons. The summed E-state index contributed by atoms with van der Waals surface area (Å²) in [4.78, 5) is 0. The Morgan fingerprint density at radius 1 is 1.29 bits per heavy atom. The molecule has 0 aliphatic carbocycles. The molecule has 110 valence electrons. The van der Waals surface area contributed by atoms with Crippen LogP contribution in [-0.2, 0) is 0 Å². The average molecular weight is 371 g/mol. The lowest BCUT2D eigenvalue weighted by Crippen LogP contribution is -2.26. The summed E-state index contributed by atoms with van der Waals surface area (Å²) in [6, 6.07) is 10.6. The Morgan fingerprint density at radius 3 is 2.81 bits per heavy atom. The molecule has 1 heterocycles. The number of hydrogen-bond acceptors (Lipinski definition) is 2. The largest absolute Gasteiger partial charge is 0.485 e. The molecular weight excluding hydrogens is 357 g/mol. The standard InChI is InChI=1S/C16H14BrClFNO/c1-20-14-8-15(9-2-5-12(17)13(18)6-9)21-16-7-10(19)3-4-11(14)16/h2-7,14-15,20H,8H2,1H3. The van der Waals surface area contributed by atoms with E-state index >= 15 is 0 Å². The van der Waals surface area contributed by atoms with Gasteiger partial charge in [-0.15, -0.1) is 0 Å². The first kappa shape index (κ1) is 14.8. The van der Waals surface area contributed by atoms with Crippen LogP contribution < -0.4 is 10.1 Å². The van der Waals surface area contributed by atoms with Gasteiger partial charge in [-0.1, -0.05) is 23.7 Å². The highest BCUT2D eigenvalue weighted by atomic mass is 79.9. The topological polar surface area (TPSA) is 21.3 Å². The van der Waals surface area contributed by atoms with Crippen LogP contribution in [-0.4, -0.2) is 7.05 Å². The molecule has 0 fully saturated rings. The summed E-state index contributed by atoms with van der Waals surface area (Å²) in [5.74, 6) is 0.294. The molecule has 0 amide bonds. The lowest BCUT2D eigenvalue weighted by atomic mass is 9.93. The molecule has 3 rings (SSSR count). The van der Waals surface area contributed by atoms with Crippen LogP contribution >= 0.6 is 27.5 Å². The lowest BCUT2D eigenvalue weighted by molar-refractivity contribution is 0.153. The maximum atomic E-state index is 13.4. The zero-order chi connectivity index (χ0) is 15.0. The summed E-state index contributed by atoms with van der Waals surface area (Å²) in [5.41, 5.74) is 1.97. The molecule has 1 aliphatic heterocycles. The van der Waals surface area contributed by atoms with E-state index in [1.807, 2.05) is 25.2 Å². The van der Waals surface area contributed by atoms with Gasteiger partial charge >= 0.3 is 0 Å². The van der Waals surface area contributed by atoms with Gasteiger partial charge in [-0.3, -0.25) is 0 Å². The van der Waals surface area contributed by atoms with Gasteiger partial charge in [-0.25, -0.2) is 4.39 Å². The molecule has 2 aromatic carbocycles. The number of nitrogens with one attached hydrogen (secondary N) is 1. The minimum Gasteiger partial charge on any atom is -0.485 e. The number of hydrogen-bond donors (Lipinski definition) is 1. The van der Waals surface area contributed by atoms with E-state index in [9.17, 15) is 4.39 Å². The fourth-order valence-electron chi connectivity index (χ4n) is 2.63. The molecule has 1 aliphatic rings. The normalized spacial score (nSPS) is 20.8. The van der Waals surface area contributed by atoms with Crippen molar-refractivity contribution in [3.63, 3.8) is 0 Å². The van der Waals surface area contributed by atoms with E-state index in [2.05, 4.69) is 21.2 Å². The van der Waals surface area contributed by atoms with Crippen molar-refractivity contribution in [3.05, 3.63) is 62.8 Å². The van der Waals surface area contributed by atoms with E-state index in [0.29, 0.717) is 10.8 Å². The molecule has 0 spiro atoms. The average Bonchev–Trinajstić information content (AvgIpc) is 2.48. The summed E-state index contributed by atoms with van der Waals surface area (Å²) >= 11 is 9.53. The zero-order valence-corrected chi connectivity index (χ0v) is 13.7. The highest BCUT2D eigenvalue weighted by molar-refractivity contribution is 9.10. The van der Waals surface area contributed by atoms with Crippen LogP contribution in [0.4, 0.5) is 4.39 Å². The van der Waals surface area contributed by atoms with Crippen LogP contribution in [0.5, 0.6) is 5.75 Å². The molecule has 5 heteroatoms. The number of rotatable bonds is 2. The van der Waals surface area contributed by atoms with Crippen LogP contribution in [0.3, 0.4) is 0 Å². The van der Waals surface area contributed by atoms with Crippen molar-refractivity contribution in [1.82, 2.24) is 5.32 Å². The third-order valence-corrected chi connectivity index (χ3v) is 4.97. The second-order valence-corrected chi connectivity index (χ2v) is 6.30. The number of ether oxygens (including phenoxy) is 1. The second kappa shape index (κ2) is 5.95. The van der Waals surface area contributed by atoms with E-state index in [4.69, 9.17) is 16.3 Å². The van der Waals surface area contributed by atoms with Gasteiger partial charge in [-0.2, -0.15) is 0 Å². The molecule has 0 saturated carbocycles. The van der Waals surface area contributed by atoms with Gasteiger partial charge in [0.15, 0.2) is 0 Å². The molecule has 1 N–H and O–H groups in total. The van der Waals surface area contributed by atoms with Crippen molar-refractivity contribution in [3.8, 4) is 5.75 Å². The molecule has 0 saturated heterocycles. The van der Waals surface area contributed by atoms with Crippen LogP contribution in [0.2, 0.25) is 5.02 Å². The summed E-state index contributed by atoms with van der Waals surface area (Å²) in [7, 11) is 1.90. The number of fused-ring (bicyclic) bond motifs is 1. The smallest absolute Gasteiger partial charge is 0.127 e. The fraction of sp³-hybridized carbons (Fsp3) is 0.250. The molecule has 2 aromatic rings. The van der Waals surface area contributed by atoms with E-state index in [-0.39, 0.29) is 18.0 Å². The molecular formula is C16H14BrClFNO. The molecule has 0 aromatic heterocycles. The highest BCUT2D eigenvalue weighted by Crippen LogP contribution is 2.41. The van der Waals surface area contributed by atoms with Crippen molar-refractivity contribution in [2.75, 3.05) is 7.05 Å². The Kier molecular flexibility index (Phi) is 4.20. The Morgan fingerprint density at radius 2 is 2.10 bits per heavy atom. The second-order valence-electron chi connectivity index (χ2n) is 5.04. The molecule has 21 heavy (non-hydrogen) atoms. The third-order valence-electron chi connectivity index (χ3n) is 3.73. The van der Waals surface area contributed by atoms with E-state index in [1.165, 1.54) is 12.1 Å². The zero-order valence-electron chi connectivity index (χ0n) is 11.4. The van der Waals surface area contributed by atoms with Crippen LogP contribution in [0, 0.1) is 5.82 Å². The highest BCUT2D eigenvalue weighted by Gasteiger charge is 2.29. The maximum absolute atomic E-state index is 13.4. The van der Waals surface area contributed by atoms with Gasteiger partial charge in [-0.05, 0) is 46.7 Å². The minimum absolute atomic E-state index is 0.127. The quantitative estimate of drug-likeness (QED) is 0.801. The van der Waals surface area contributed by atoms with Crippen molar-refractivity contribution < 1.29 is 9.13 Å². The first-order chi connectivity index (χ1) is 10.1. The van der Waals surface area contributed by atoms with Crippen LogP contribution in [0.1, 0.15) is 29.7 Å². The predicted octanol–water partition coefficient (Wildman–Crippen LogP) is 5.03. The maximum Gasteiger partial charge on any atom is 0.127 e. The number of benzene rings is 2. The molecule has 2 unspecified atom stereocenters. The lowest BCUT2D eigenvalue weighted by Gasteiger charge is -2.32. The SMILES string of the molecule is CNC1CC(c2ccc(Br)c(Cl)c2)Oc2cc(F)ccc21. The summed E-state index contributed by atoms with van der Waals surface area (Å²) in [6.07, 6.45) is 0.620. The molecule has 2 atom stereocenters. The third kappa shape index (κ3) is 2.93. The van der Waals surface area contributed by atoms with E-state index in [1.54, 1.807) is 6.07 Å². The van der Waals surface area contributed by atoms with Gasteiger partial charge in [0.1, 0.15) is 17.7 Å². The minimum atomic E-state index is -0.293. The van der Waals surface area contributed by atoms with Crippen molar-refractivity contribution in [1.29, 1.82) is 0 Å². The van der Waals surface area contributed by atoms with Crippen molar-refractivity contribution in [2.24, 2.45) is 0 Å². The monoisotopic (exact) mass is 369 g/mol. The number of halogens is 3. The Labute approximate surface area is 136 Å². The Hall–Kier alpha value is -1.10. The summed E-state index contributed by atoms with van der Waals surface area (Å²) in [6.45, 7) is 0. The van der Waals surface area contributed by atoms with Gasteiger partial charge in [0.05, 0.1) is 5.02 Å². The molecule has 2 nitrogen and oxygen atoms in total. The predicted molar refractivity (Wildman–Crippen MR) is 85.3 cm³/mol. The summed E-state index contributed by atoms with van der Waals surface area (Å²) in [5, 5.41) is 3.90. The fourth-order valence-corrected chi connectivity index (χ4v) is 3.07. The van der Waals surface area contributed by atoms with Crippen LogP contribution in [0.25, 0.3) is 0 Å². The van der Waals surface area contributed by atoms with Crippen molar-refractivity contribution in [2.45, 2.75) is 18.6 Å². The van der Waals surface area contributed by atoms with Gasteiger partial charge in [0.2, 0.25) is 0 Å². The Balaban J connectivity index is 1.97. The Bertz CT molecular complexity index is 679. The van der Waals surface area contributed by atoms with Gasteiger partial charge in [0, 0.05) is 28.6 Å². The molecule has 0 bridgehead atoms. The van der Waals surface area contributed by atoms with E-state index in [0.717, 1.165) is 22.0 Å². The van der Waals surface area contributed by atoms with E-state index < -0.39 is 0 Å². The van der Waals surface area contributed by atoms with Gasteiger partial charge < -0.3 is 10.1 Å². The van der Waals surface area contributed by atoms with Gasteiger partial charge in [0.25, 0.3) is 0 Å². The van der Waals surface area contributed by atoms with Crippen molar-refractivity contribution >= 4 is 27.5 Å². The summed E-state index contributed by atoms with van der Waals surface area (Å²) < 4.78 is 20.3. The van der Waals surface area contributed by atoms with Crippen LogP contribution in [0.15, 0.2) is 40.9 Å². The first-order valence-electron chi connectivity index (χ1n) is 6.67. The first-order valence-corrected chi connectivity index (χ1v) is 7.84.